The number of fused-ring (bicyclic) bond motifs is 2. The van der Waals surface area contributed by atoms with Gasteiger partial charge in [-0.2, -0.15) is 5.10 Å². The summed E-state index contributed by atoms with van der Waals surface area (Å²) in [6, 6.07) is 6.50. The molecule has 6 rings (SSSR count). The summed E-state index contributed by atoms with van der Waals surface area (Å²) in [7, 11) is 0. The summed E-state index contributed by atoms with van der Waals surface area (Å²) in [4.78, 5) is 18.1. The normalized spacial score (nSPS) is 16.6. The molecule has 168 valence electrons. The third-order valence-electron chi connectivity index (χ3n) is 6.44. The van der Waals surface area contributed by atoms with Crippen LogP contribution >= 0.6 is 0 Å². The Balaban J connectivity index is 1.19. The minimum atomic E-state index is 0.253. The molecule has 0 bridgehead atoms. The molecule has 0 amide bonds. The standard InChI is InChI=1S/C24H26N8O/c1-15(19-4-5-26-20-3-2-6-33-23(19)20)9-27-22-8-21(29-14-30-22)16-7-17-11-31-32(18-12-25-13-18)24(17)28-10-16/h4-5,7-8,10-11,14-15,18,25H,2-3,6,9,12-13H2,1H3,(H,27,29,30)/t15-/m1/s1. The van der Waals surface area contributed by atoms with Gasteiger partial charge in [0.1, 0.15) is 17.9 Å². The highest BCUT2D eigenvalue weighted by Gasteiger charge is 2.22. The molecule has 1 fully saturated rings. The van der Waals surface area contributed by atoms with E-state index in [2.05, 4.69) is 54.7 Å². The summed E-state index contributed by atoms with van der Waals surface area (Å²) in [5.74, 6) is 1.99. The van der Waals surface area contributed by atoms with Crippen LogP contribution in [0.1, 0.15) is 36.6 Å². The molecule has 6 heterocycles. The van der Waals surface area contributed by atoms with Gasteiger partial charge < -0.3 is 15.4 Å². The van der Waals surface area contributed by atoms with Gasteiger partial charge in [-0.1, -0.05) is 6.92 Å². The summed E-state index contributed by atoms with van der Waals surface area (Å²) in [5, 5.41) is 12.3. The first-order valence-electron chi connectivity index (χ1n) is 11.5. The SMILES string of the molecule is C[C@H](CNc1cc(-c2cnc3c(cnn3C3CNC3)c2)ncn1)c1ccnc2c1OCCC2. The predicted molar refractivity (Wildman–Crippen MR) is 125 cm³/mol. The van der Waals surface area contributed by atoms with Crippen molar-refractivity contribution in [2.45, 2.75) is 31.7 Å². The molecule has 2 N–H and O–H groups in total. The number of rotatable bonds is 6. The molecule has 0 spiro atoms. The summed E-state index contributed by atoms with van der Waals surface area (Å²) in [6.07, 6.45) is 9.22. The summed E-state index contributed by atoms with van der Waals surface area (Å²) in [5.41, 5.74) is 4.94. The lowest BCUT2D eigenvalue weighted by molar-refractivity contribution is 0.280. The van der Waals surface area contributed by atoms with E-state index in [1.807, 2.05) is 29.3 Å². The molecule has 9 nitrogen and oxygen atoms in total. The minimum absolute atomic E-state index is 0.253. The van der Waals surface area contributed by atoms with E-state index < -0.39 is 0 Å². The van der Waals surface area contributed by atoms with Crippen LogP contribution in [-0.4, -0.2) is 56.0 Å². The van der Waals surface area contributed by atoms with Gasteiger partial charge in [-0.25, -0.2) is 19.6 Å². The average Bonchev–Trinajstić information content (AvgIpc) is 3.24. The van der Waals surface area contributed by atoms with Gasteiger partial charge in [0.05, 0.1) is 30.2 Å². The fraction of sp³-hybridized carbons (Fsp3) is 0.375. The van der Waals surface area contributed by atoms with E-state index in [1.165, 1.54) is 5.56 Å². The van der Waals surface area contributed by atoms with Crippen molar-refractivity contribution < 1.29 is 4.74 Å². The molecule has 2 aliphatic rings. The number of aromatic nitrogens is 6. The van der Waals surface area contributed by atoms with Crippen LogP contribution in [0.25, 0.3) is 22.3 Å². The van der Waals surface area contributed by atoms with Crippen molar-refractivity contribution >= 4 is 16.9 Å². The van der Waals surface area contributed by atoms with Gasteiger partial charge in [0.15, 0.2) is 5.65 Å². The second-order valence-electron chi connectivity index (χ2n) is 8.74. The first-order valence-corrected chi connectivity index (χ1v) is 11.5. The number of anilines is 1. The van der Waals surface area contributed by atoms with Crippen LogP contribution in [0, 0.1) is 0 Å². The van der Waals surface area contributed by atoms with Crippen LogP contribution < -0.4 is 15.4 Å². The molecule has 0 unspecified atom stereocenters. The molecule has 2 aliphatic heterocycles. The lowest BCUT2D eigenvalue weighted by Gasteiger charge is -2.27. The quantitative estimate of drug-likeness (QED) is 0.470. The van der Waals surface area contributed by atoms with Crippen LogP contribution in [0.5, 0.6) is 5.75 Å². The van der Waals surface area contributed by atoms with Crippen LogP contribution in [0.2, 0.25) is 0 Å². The van der Waals surface area contributed by atoms with Gasteiger partial charge in [-0.05, 0) is 25.0 Å². The molecular weight excluding hydrogens is 416 g/mol. The van der Waals surface area contributed by atoms with Crippen molar-refractivity contribution in [2.75, 3.05) is 31.6 Å². The van der Waals surface area contributed by atoms with Crippen molar-refractivity contribution in [2.24, 2.45) is 0 Å². The van der Waals surface area contributed by atoms with E-state index in [1.54, 1.807) is 6.33 Å². The molecule has 1 atom stereocenters. The maximum atomic E-state index is 5.93. The van der Waals surface area contributed by atoms with Crippen molar-refractivity contribution in [1.29, 1.82) is 0 Å². The smallest absolute Gasteiger partial charge is 0.158 e. The third kappa shape index (κ3) is 3.78. The van der Waals surface area contributed by atoms with Gasteiger partial charge in [0, 0.05) is 60.5 Å². The largest absolute Gasteiger partial charge is 0.491 e. The predicted octanol–water partition coefficient (Wildman–Crippen LogP) is 2.97. The zero-order valence-corrected chi connectivity index (χ0v) is 18.5. The van der Waals surface area contributed by atoms with Crippen molar-refractivity contribution in [3.8, 4) is 17.0 Å². The Kier molecular flexibility index (Phi) is 5.10. The molecule has 0 radical (unpaired) electrons. The number of nitrogens with one attached hydrogen (secondary N) is 2. The molecule has 4 aromatic heterocycles. The number of ether oxygens (including phenoxy) is 1. The van der Waals surface area contributed by atoms with Gasteiger partial charge in [0.25, 0.3) is 0 Å². The Bertz CT molecular complexity index is 1300. The van der Waals surface area contributed by atoms with Gasteiger partial charge in [-0.15, -0.1) is 0 Å². The monoisotopic (exact) mass is 442 g/mol. The van der Waals surface area contributed by atoms with Crippen LogP contribution in [-0.2, 0) is 6.42 Å². The number of hydrogen-bond acceptors (Lipinski definition) is 8. The van der Waals surface area contributed by atoms with Crippen molar-refractivity contribution in [3.05, 3.63) is 54.4 Å². The minimum Gasteiger partial charge on any atom is -0.491 e. The molecule has 1 saturated heterocycles. The van der Waals surface area contributed by atoms with Gasteiger partial charge in [-0.3, -0.25) is 4.98 Å². The number of aryl methyl sites for hydroxylation is 1. The Hall–Kier alpha value is -3.59. The zero-order chi connectivity index (χ0) is 22.2. The van der Waals surface area contributed by atoms with Crippen LogP contribution in [0.3, 0.4) is 0 Å². The zero-order valence-electron chi connectivity index (χ0n) is 18.5. The Morgan fingerprint density at radius 3 is 3.00 bits per heavy atom. The fourth-order valence-corrected chi connectivity index (χ4v) is 4.43. The molecule has 9 heteroatoms. The molecule has 0 aliphatic carbocycles. The summed E-state index contributed by atoms with van der Waals surface area (Å²) in [6.45, 7) is 5.56. The van der Waals surface area contributed by atoms with E-state index in [-0.39, 0.29) is 5.92 Å². The first kappa shape index (κ1) is 20.0. The van der Waals surface area contributed by atoms with E-state index in [4.69, 9.17) is 4.74 Å². The fourth-order valence-electron chi connectivity index (χ4n) is 4.43. The lowest BCUT2D eigenvalue weighted by Crippen LogP contribution is -2.43. The highest BCUT2D eigenvalue weighted by atomic mass is 16.5. The second kappa shape index (κ2) is 8.40. The molecule has 4 aromatic rings. The van der Waals surface area contributed by atoms with E-state index in [0.717, 1.165) is 78.6 Å². The number of hydrogen-bond donors (Lipinski definition) is 2. The van der Waals surface area contributed by atoms with Crippen molar-refractivity contribution in [3.63, 3.8) is 0 Å². The van der Waals surface area contributed by atoms with E-state index in [0.29, 0.717) is 6.04 Å². The number of nitrogens with zero attached hydrogens (tertiary/aromatic N) is 6. The number of pyridine rings is 2. The third-order valence-corrected chi connectivity index (χ3v) is 6.44. The van der Waals surface area contributed by atoms with E-state index in [9.17, 15) is 0 Å². The maximum Gasteiger partial charge on any atom is 0.158 e. The highest BCUT2D eigenvalue weighted by Crippen LogP contribution is 2.32. The Morgan fingerprint density at radius 1 is 1.18 bits per heavy atom. The molecule has 0 aromatic carbocycles. The lowest BCUT2D eigenvalue weighted by atomic mass is 9.98. The summed E-state index contributed by atoms with van der Waals surface area (Å²) >= 11 is 0. The highest BCUT2D eigenvalue weighted by molar-refractivity contribution is 5.80. The average molecular weight is 443 g/mol. The molecule has 33 heavy (non-hydrogen) atoms. The molecule has 0 saturated carbocycles. The van der Waals surface area contributed by atoms with Crippen LogP contribution in [0.4, 0.5) is 5.82 Å². The van der Waals surface area contributed by atoms with Gasteiger partial charge >= 0.3 is 0 Å². The van der Waals surface area contributed by atoms with Crippen LogP contribution in [0.15, 0.2) is 43.1 Å². The Labute approximate surface area is 191 Å². The maximum absolute atomic E-state index is 5.93. The Morgan fingerprint density at radius 2 is 2.12 bits per heavy atom. The van der Waals surface area contributed by atoms with Crippen molar-refractivity contribution in [1.82, 2.24) is 35.0 Å². The molecular formula is C24H26N8O. The summed E-state index contributed by atoms with van der Waals surface area (Å²) < 4.78 is 7.94. The topological polar surface area (TPSA) is 103 Å². The second-order valence-corrected chi connectivity index (χ2v) is 8.74. The van der Waals surface area contributed by atoms with Gasteiger partial charge in [0.2, 0.25) is 0 Å². The van der Waals surface area contributed by atoms with E-state index >= 15 is 0 Å². The first-order chi connectivity index (χ1) is 16.3.